The fraction of sp³-hybridized carbons (Fsp3) is 0.250. The fourth-order valence-electron chi connectivity index (χ4n) is 3.90. The van der Waals surface area contributed by atoms with Crippen molar-refractivity contribution >= 4 is 39.9 Å². The minimum atomic E-state index is -0.0615. The summed E-state index contributed by atoms with van der Waals surface area (Å²) in [4.78, 5) is 24.7. The number of anilines is 2. The smallest absolute Gasteiger partial charge is 0.226 e. The monoisotopic (exact) mass is 488 g/mol. The SMILES string of the molecule is COc1ccc(NC(=O)CCN(CC(C)C)c2nc(-c3ccccc3)nc3cc(Cl)ccc23)cc1. The van der Waals surface area contributed by atoms with E-state index in [0.717, 1.165) is 40.3 Å². The van der Waals surface area contributed by atoms with Crippen molar-refractivity contribution < 1.29 is 9.53 Å². The van der Waals surface area contributed by atoms with Crippen LogP contribution in [-0.4, -0.2) is 36.1 Å². The highest BCUT2D eigenvalue weighted by Gasteiger charge is 2.18. The normalized spacial score (nSPS) is 11.0. The van der Waals surface area contributed by atoms with Gasteiger partial charge in [0.25, 0.3) is 0 Å². The molecule has 0 spiro atoms. The van der Waals surface area contributed by atoms with Gasteiger partial charge in [-0.15, -0.1) is 0 Å². The summed E-state index contributed by atoms with van der Waals surface area (Å²) >= 11 is 6.30. The lowest BCUT2D eigenvalue weighted by molar-refractivity contribution is -0.116. The molecule has 0 aliphatic rings. The second-order valence-electron chi connectivity index (χ2n) is 8.76. The summed E-state index contributed by atoms with van der Waals surface area (Å²) in [5.74, 6) is 2.49. The highest BCUT2D eigenvalue weighted by Crippen LogP contribution is 2.30. The second-order valence-corrected chi connectivity index (χ2v) is 9.20. The summed E-state index contributed by atoms with van der Waals surface area (Å²) in [5.41, 5.74) is 2.44. The fourth-order valence-corrected chi connectivity index (χ4v) is 4.07. The van der Waals surface area contributed by atoms with Crippen LogP contribution >= 0.6 is 11.6 Å². The van der Waals surface area contributed by atoms with Crippen LogP contribution in [0.2, 0.25) is 5.02 Å². The van der Waals surface area contributed by atoms with Gasteiger partial charge in [-0.2, -0.15) is 0 Å². The molecule has 0 saturated carbocycles. The van der Waals surface area contributed by atoms with Gasteiger partial charge in [0.15, 0.2) is 5.82 Å². The summed E-state index contributed by atoms with van der Waals surface area (Å²) < 4.78 is 5.18. The molecular weight excluding hydrogens is 460 g/mol. The molecule has 1 amide bonds. The Morgan fingerprint density at radius 3 is 2.46 bits per heavy atom. The molecule has 1 N–H and O–H groups in total. The van der Waals surface area contributed by atoms with Gasteiger partial charge in [-0.25, -0.2) is 9.97 Å². The number of hydrogen-bond donors (Lipinski definition) is 1. The Morgan fingerprint density at radius 2 is 1.77 bits per heavy atom. The minimum Gasteiger partial charge on any atom is -0.497 e. The van der Waals surface area contributed by atoms with Gasteiger partial charge in [-0.05, 0) is 48.4 Å². The number of fused-ring (bicyclic) bond motifs is 1. The van der Waals surface area contributed by atoms with Gasteiger partial charge in [-0.3, -0.25) is 4.79 Å². The van der Waals surface area contributed by atoms with Crippen LogP contribution in [0.15, 0.2) is 72.8 Å². The number of hydrogen-bond acceptors (Lipinski definition) is 5. The zero-order valence-corrected chi connectivity index (χ0v) is 20.9. The lowest BCUT2D eigenvalue weighted by Crippen LogP contribution is -2.32. The number of aromatic nitrogens is 2. The van der Waals surface area contributed by atoms with E-state index in [4.69, 9.17) is 26.3 Å². The van der Waals surface area contributed by atoms with Crippen molar-refractivity contribution in [2.75, 3.05) is 30.4 Å². The third-order valence-electron chi connectivity index (χ3n) is 5.54. The zero-order valence-electron chi connectivity index (χ0n) is 20.2. The van der Waals surface area contributed by atoms with E-state index in [1.54, 1.807) is 7.11 Å². The molecule has 7 heteroatoms. The second kappa shape index (κ2) is 11.2. The highest BCUT2D eigenvalue weighted by molar-refractivity contribution is 6.31. The number of amides is 1. The first-order chi connectivity index (χ1) is 16.9. The van der Waals surface area contributed by atoms with Gasteiger partial charge in [0, 0.05) is 41.2 Å². The molecule has 0 fully saturated rings. The van der Waals surface area contributed by atoms with E-state index in [1.165, 1.54) is 0 Å². The molecule has 0 radical (unpaired) electrons. The maximum Gasteiger partial charge on any atom is 0.226 e. The Hall–Kier alpha value is -3.64. The first-order valence-corrected chi connectivity index (χ1v) is 12.0. The summed E-state index contributed by atoms with van der Waals surface area (Å²) in [6, 6.07) is 22.9. The third kappa shape index (κ3) is 6.28. The van der Waals surface area contributed by atoms with E-state index in [9.17, 15) is 4.79 Å². The van der Waals surface area contributed by atoms with E-state index in [2.05, 4.69) is 24.1 Å². The molecule has 1 aromatic heterocycles. The Labute approximate surface area is 210 Å². The molecule has 35 heavy (non-hydrogen) atoms. The van der Waals surface area contributed by atoms with Crippen molar-refractivity contribution in [1.82, 2.24) is 9.97 Å². The van der Waals surface area contributed by atoms with Crippen molar-refractivity contribution in [2.45, 2.75) is 20.3 Å². The number of rotatable bonds is 9. The molecule has 0 atom stereocenters. The van der Waals surface area contributed by atoms with Gasteiger partial charge in [0.2, 0.25) is 5.91 Å². The zero-order chi connectivity index (χ0) is 24.8. The molecule has 180 valence electrons. The average molecular weight is 489 g/mol. The van der Waals surface area contributed by atoms with Crippen LogP contribution in [0.5, 0.6) is 5.75 Å². The summed E-state index contributed by atoms with van der Waals surface area (Å²) in [6.45, 7) is 5.58. The first kappa shape index (κ1) is 24.5. The summed E-state index contributed by atoms with van der Waals surface area (Å²) in [7, 11) is 1.62. The maximum absolute atomic E-state index is 12.8. The summed E-state index contributed by atoms with van der Waals surface area (Å²) in [5, 5.41) is 4.49. The molecule has 0 aliphatic carbocycles. The van der Waals surface area contributed by atoms with Crippen LogP contribution in [0.1, 0.15) is 20.3 Å². The number of methoxy groups -OCH3 is 1. The van der Waals surface area contributed by atoms with Crippen LogP contribution in [-0.2, 0) is 4.79 Å². The van der Waals surface area contributed by atoms with Crippen molar-refractivity contribution in [3.8, 4) is 17.1 Å². The lowest BCUT2D eigenvalue weighted by atomic mass is 10.1. The van der Waals surface area contributed by atoms with Crippen LogP contribution in [0.4, 0.5) is 11.5 Å². The molecule has 4 aromatic rings. The summed E-state index contributed by atoms with van der Waals surface area (Å²) in [6.07, 6.45) is 0.318. The Morgan fingerprint density at radius 1 is 1.03 bits per heavy atom. The largest absolute Gasteiger partial charge is 0.497 e. The number of carbonyl (C=O) groups is 1. The van der Waals surface area contributed by atoms with Crippen LogP contribution in [0.3, 0.4) is 0 Å². The van der Waals surface area contributed by atoms with Gasteiger partial charge < -0.3 is 15.0 Å². The van der Waals surface area contributed by atoms with Gasteiger partial charge in [-0.1, -0.05) is 55.8 Å². The number of carbonyl (C=O) groups excluding carboxylic acids is 1. The Balaban J connectivity index is 1.63. The molecule has 0 saturated heterocycles. The van der Waals surface area contributed by atoms with Gasteiger partial charge in [0.05, 0.1) is 12.6 Å². The Kier molecular flexibility index (Phi) is 7.83. The topological polar surface area (TPSA) is 67.3 Å². The quantitative estimate of drug-likeness (QED) is 0.293. The molecule has 0 aliphatic heterocycles. The van der Waals surface area contributed by atoms with Crippen molar-refractivity contribution in [3.63, 3.8) is 0 Å². The number of benzene rings is 3. The van der Waals surface area contributed by atoms with Gasteiger partial charge >= 0.3 is 0 Å². The molecule has 0 unspecified atom stereocenters. The molecule has 6 nitrogen and oxygen atoms in total. The van der Waals surface area contributed by atoms with Crippen molar-refractivity contribution in [2.24, 2.45) is 5.92 Å². The maximum atomic E-state index is 12.8. The van der Waals surface area contributed by atoms with E-state index < -0.39 is 0 Å². The van der Waals surface area contributed by atoms with Crippen LogP contribution < -0.4 is 15.0 Å². The van der Waals surface area contributed by atoms with Gasteiger partial charge in [0.1, 0.15) is 11.6 Å². The van der Waals surface area contributed by atoms with Crippen LogP contribution in [0, 0.1) is 5.92 Å². The predicted octanol–water partition coefficient (Wildman–Crippen LogP) is 6.45. The number of nitrogens with one attached hydrogen (secondary N) is 1. The van der Waals surface area contributed by atoms with Crippen LogP contribution in [0.25, 0.3) is 22.3 Å². The number of halogens is 1. The molecule has 4 rings (SSSR count). The first-order valence-electron chi connectivity index (χ1n) is 11.6. The lowest BCUT2D eigenvalue weighted by Gasteiger charge is -2.27. The van der Waals surface area contributed by atoms with E-state index >= 15 is 0 Å². The standard InChI is InChI=1S/C28H29ClN4O2/c1-19(2)18-33(16-15-26(34)30-22-10-12-23(35-3)13-11-22)28-24-14-9-21(29)17-25(24)31-27(32-28)20-7-5-4-6-8-20/h4-14,17,19H,15-16,18H2,1-3H3,(H,30,34). The average Bonchev–Trinajstić information content (AvgIpc) is 2.86. The predicted molar refractivity (Wildman–Crippen MR) is 143 cm³/mol. The number of nitrogens with zero attached hydrogens (tertiary/aromatic N) is 3. The molecule has 1 heterocycles. The molecular formula is C28H29ClN4O2. The van der Waals surface area contributed by atoms with E-state index in [1.807, 2.05) is 72.8 Å². The molecule has 3 aromatic carbocycles. The minimum absolute atomic E-state index is 0.0615. The van der Waals surface area contributed by atoms with E-state index in [0.29, 0.717) is 29.7 Å². The number of ether oxygens (including phenoxy) is 1. The van der Waals surface area contributed by atoms with Crippen molar-refractivity contribution in [3.05, 3.63) is 77.8 Å². The third-order valence-corrected chi connectivity index (χ3v) is 5.77. The van der Waals surface area contributed by atoms with E-state index in [-0.39, 0.29) is 5.91 Å². The Bertz CT molecular complexity index is 1290. The highest BCUT2D eigenvalue weighted by atomic mass is 35.5. The van der Waals surface area contributed by atoms with Crippen molar-refractivity contribution in [1.29, 1.82) is 0 Å². The molecule has 0 bridgehead atoms.